The Hall–Kier alpha value is -5.61. The van der Waals surface area contributed by atoms with Gasteiger partial charge in [-0.2, -0.15) is 4.57 Å². The highest BCUT2D eigenvalue weighted by atomic mass is 79.9. The first-order valence-corrected chi connectivity index (χ1v) is 17.0. The van der Waals surface area contributed by atoms with Crippen LogP contribution in [0.5, 0.6) is 0 Å². The van der Waals surface area contributed by atoms with E-state index in [1.54, 1.807) is 0 Å². The van der Waals surface area contributed by atoms with E-state index >= 15 is 35.1 Å². The van der Waals surface area contributed by atoms with Gasteiger partial charge in [-0.05, 0) is 0 Å². The molecule has 0 N–H and O–H groups in total. The van der Waals surface area contributed by atoms with Crippen LogP contribution in [0.4, 0.5) is 87.8 Å². The standard InChI is InChI=1S/C24BF20.C13H13BrN/c26-5-1(6(27)14(35)21(42)13(5)34)25(2-7(28)15(36)22(43)16(37)8(2)29,3-9(30)17(38)23(44)18(39)10(3)31)4-11(32)19(40)24(45)20(41)12(4)33;14-10-13-8-4-5-9-15(13)11-12-6-2-1-3-7-12/h;1-9H,10-11H2/q-1;+1. The van der Waals surface area contributed by atoms with E-state index < -0.39 is 144 Å². The molecule has 1 heterocycles. The van der Waals surface area contributed by atoms with Gasteiger partial charge in [-0.25, -0.2) is 87.8 Å². The molecule has 6 aromatic rings. The first-order valence-electron chi connectivity index (χ1n) is 15.9. The monoisotopic (exact) mass is 941 g/mol. The maximum atomic E-state index is 15.4. The van der Waals surface area contributed by atoms with Crippen LogP contribution in [0.1, 0.15) is 11.3 Å². The van der Waals surface area contributed by atoms with E-state index in [1.807, 2.05) is 6.07 Å². The van der Waals surface area contributed by atoms with Crippen LogP contribution in [0.15, 0.2) is 54.7 Å². The molecular formula is C37H13BBrF20N. The van der Waals surface area contributed by atoms with Crippen LogP contribution in [0.2, 0.25) is 0 Å². The lowest BCUT2D eigenvalue weighted by molar-refractivity contribution is -0.694. The Morgan fingerprint density at radius 2 is 0.583 bits per heavy atom. The van der Waals surface area contributed by atoms with Crippen molar-refractivity contribution in [3.63, 3.8) is 0 Å². The number of pyridine rings is 1. The second-order valence-electron chi connectivity index (χ2n) is 12.2. The minimum atomic E-state index is -7.22. The summed E-state index contributed by atoms with van der Waals surface area (Å²) in [5.41, 5.74) is -11.7. The summed E-state index contributed by atoms with van der Waals surface area (Å²) in [5, 5.41) is 0.890. The Morgan fingerprint density at radius 3 is 0.850 bits per heavy atom. The zero-order valence-electron chi connectivity index (χ0n) is 28.6. The van der Waals surface area contributed by atoms with E-state index in [9.17, 15) is 52.7 Å². The van der Waals surface area contributed by atoms with Gasteiger partial charge in [0, 0.05) is 17.7 Å². The van der Waals surface area contributed by atoms with Crippen molar-refractivity contribution in [2.75, 3.05) is 0 Å². The second-order valence-corrected chi connectivity index (χ2v) is 12.8. The molecule has 0 saturated heterocycles. The average Bonchev–Trinajstić information content (AvgIpc) is 3.24. The Labute approximate surface area is 330 Å². The largest absolute Gasteiger partial charge is 0.207 e. The van der Waals surface area contributed by atoms with Gasteiger partial charge in [0.15, 0.2) is 88.2 Å². The second kappa shape index (κ2) is 17.2. The summed E-state index contributed by atoms with van der Waals surface area (Å²) in [5.74, 6) is -71.4. The maximum absolute atomic E-state index is 15.4. The molecule has 0 unspecified atom stereocenters. The Morgan fingerprint density at radius 1 is 0.333 bits per heavy atom. The Bertz CT molecular complexity index is 2300. The molecule has 0 amide bonds. The smallest absolute Gasteiger partial charge is 0.200 e. The number of rotatable bonds is 7. The van der Waals surface area contributed by atoms with Gasteiger partial charge in [0.1, 0.15) is 52.7 Å². The molecule has 0 saturated carbocycles. The van der Waals surface area contributed by atoms with E-state index in [1.165, 1.54) is 11.3 Å². The van der Waals surface area contributed by atoms with Gasteiger partial charge in [0.05, 0.1) is 5.33 Å². The zero-order valence-corrected chi connectivity index (χ0v) is 30.2. The average molecular weight is 942 g/mol. The van der Waals surface area contributed by atoms with Crippen molar-refractivity contribution in [3.05, 3.63) is 182 Å². The highest BCUT2D eigenvalue weighted by molar-refractivity contribution is 9.08. The minimum absolute atomic E-state index is 0.890. The molecule has 6 rings (SSSR count). The molecule has 5 aromatic carbocycles. The van der Waals surface area contributed by atoms with Crippen molar-refractivity contribution >= 4 is 43.9 Å². The molecule has 0 bridgehead atoms. The number of hydrogen-bond donors (Lipinski definition) is 0. The molecule has 0 spiro atoms. The fourth-order valence-corrected chi connectivity index (χ4v) is 6.95. The van der Waals surface area contributed by atoms with Crippen molar-refractivity contribution in [2.45, 2.75) is 11.9 Å². The van der Waals surface area contributed by atoms with Crippen LogP contribution in [0.3, 0.4) is 0 Å². The molecule has 0 fully saturated rings. The fourth-order valence-electron chi connectivity index (χ4n) is 6.44. The lowest BCUT2D eigenvalue weighted by atomic mass is 9.12. The highest BCUT2D eigenvalue weighted by Crippen LogP contribution is 2.30. The van der Waals surface area contributed by atoms with Crippen LogP contribution in [-0.4, -0.2) is 6.15 Å². The molecule has 0 radical (unpaired) electrons. The van der Waals surface area contributed by atoms with Gasteiger partial charge in [-0.3, -0.25) is 0 Å². The van der Waals surface area contributed by atoms with Gasteiger partial charge >= 0.3 is 0 Å². The van der Waals surface area contributed by atoms with Gasteiger partial charge in [0.2, 0.25) is 0 Å². The lowest BCUT2D eigenvalue weighted by Gasteiger charge is -2.44. The summed E-state index contributed by atoms with van der Waals surface area (Å²) in [6.45, 7) is 0.933. The van der Waals surface area contributed by atoms with Gasteiger partial charge in [-0.15, -0.1) is 21.9 Å². The first-order chi connectivity index (χ1) is 28.1. The van der Waals surface area contributed by atoms with Crippen LogP contribution in [-0.2, 0) is 11.9 Å². The first kappa shape index (κ1) is 45.5. The predicted molar refractivity (Wildman–Crippen MR) is 174 cm³/mol. The third-order valence-corrected chi connectivity index (χ3v) is 9.65. The SMILES string of the molecule is BrCc1cccc[n+]1Cc1ccccc1.Fc1c(F)c(F)c([B-](c2c(F)c(F)c(F)c(F)c2F)(c2c(F)c(F)c(F)c(F)c2F)c2c(F)c(F)c(F)c(F)c2F)c(F)c1F. The Kier molecular flexibility index (Phi) is 13.0. The van der Waals surface area contributed by atoms with Crippen molar-refractivity contribution in [1.82, 2.24) is 0 Å². The van der Waals surface area contributed by atoms with Crippen LogP contribution in [0, 0.1) is 116 Å². The van der Waals surface area contributed by atoms with Crippen molar-refractivity contribution in [1.29, 1.82) is 0 Å². The predicted octanol–water partition coefficient (Wildman–Crippen LogP) is 8.76. The summed E-state index contributed by atoms with van der Waals surface area (Å²) in [6, 6.07) is 16.8. The quantitative estimate of drug-likeness (QED) is 0.0377. The highest BCUT2D eigenvalue weighted by Gasteiger charge is 2.52. The number of halogens is 21. The maximum Gasteiger partial charge on any atom is 0.200 e. The zero-order chi connectivity index (χ0) is 44.9. The molecule has 1 aromatic heterocycles. The molecule has 0 aliphatic rings. The van der Waals surface area contributed by atoms with Gasteiger partial charge in [0.25, 0.3) is 0 Å². The van der Waals surface area contributed by atoms with Crippen LogP contribution in [0.25, 0.3) is 0 Å². The summed E-state index contributed by atoms with van der Waals surface area (Å²) >= 11 is 3.50. The topological polar surface area (TPSA) is 3.88 Å². The van der Waals surface area contributed by atoms with E-state index in [4.69, 9.17) is 0 Å². The normalized spacial score (nSPS) is 11.6. The Balaban J connectivity index is 0.000000379. The van der Waals surface area contributed by atoms with Crippen molar-refractivity contribution in [2.24, 2.45) is 0 Å². The number of benzene rings is 5. The summed E-state index contributed by atoms with van der Waals surface area (Å²) in [7, 11) is 0. The minimum Gasteiger partial charge on any atom is -0.207 e. The number of aromatic nitrogens is 1. The van der Waals surface area contributed by atoms with Crippen LogP contribution >= 0.6 is 15.9 Å². The van der Waals surface area contributed by atoms with E-state index in [2.05, 4.69) is 69.2 Å². The third-order valence-electron chi connectivity index (χ3n) is 9.07. The third kappa shape index (κ3) is 7.12. The summed E-state index contributed by atoms with van der Waals surface area (Å²) in [4.78, 5) is 0. The molecule has 60 heavy (non-hydrogen) atoms. The molecule has 0 aliphatic heterocycles. The lowest BCUT2D eigenvalue weighted by Crippen LogP contribution is -2.81. The summed E-state index contributed by atoms with van der Waals surface area (Å²) in [6.07, 6.45) is -5.10. The number of hydrogen-bond acceptors (Lipinski definition) is 0. The van der Waals surface area contributed by atoms with E-state index in [-0.39, 0.29) is 0 Å². The van der Waals surface area contributed by atoms with Gasteiger partial charge in [-0.1, -0.05) is 52.3 Å². The fraction of sp³-hybridized carbons (Fsp3) is 0.0541. The van der Waals surface area contributed by atoms with E-state index in [0.29, 0.717) is 0 Å². The molecule has 0 aliphatic carbocycles. The molecule has 0 atom stereocenters. The van der Waals surface area contributed by atoms with E-state index in [0.717, 1.165) is 11.9 Å². The van der Waals surface area contributed by atoms with Crippen molar-refractivity contribution in [3.8, 4) is 0 Å². The van der Waals surface area contributed by atoms with Crippen molar-refractivity contribution < 1.29 is 92.4 Å². The molecule has 23 heteroatoms. The summed E-state index contributed by atoms with van der Waals surface area (Å²) < 4.78 is 296. The molecule has 1 nitrogen and oxygen atoms in total. The number of alkyl halides is 1. The van der Waals surface area contributed by atoms with Gasteiger partial charge < -0.3 is 0 Å². The van der Waals surface area contributed by atoms with Crippen LogP contribution < -0.4 is 26.4 Å². The number of nitrogens with zero attached hydrogens (tertiary/aromatic N) is 1. The molecular weight excluding hydrogens is 929 g/mol. The molecule has 316 valence electrons.